The van der Waals surface area contributed by atoms with Gasteiger partial charge in [0.15, 0.2) is 0 Å². The van der Waals surface area contributed by atoms with Gasteiger partial charge in [0, 0.05) is 5.92 Å². The molecule has 0 heterocycles. The van der Waals surface area contributed by atoms with Crippen molar-refractivity contribution in [3.63, 3.8) is 0 Å². The van der Waals surface area contributed by atoms with E-state index in [1.54, 1.807) is 13.8 Å². The van der Waals surface area contributed by atoms with E-state index in [1.165, 1.54) is 0 Å². The lowest BCUT2D eigenvalue weighted by Gasteiger charge is -2.42. The molecule has 0 saturated carbocycles. The van der Waals surface area contributed by atoms with Crippen LogP contribution in [0.2, 0.25) is 0 Å². The first-order chi connectivity index (χ1) is 14.1. The minimum Gasteiger partial charge on any atom is -0.481 e. The molecule has 0 aromatic carbocycles. The number of aliphatic carboxylic acids is 1. The topological polar surface area (TPSA) is 124 Å². The lowest BCUT2D eigenvalue weighted by Crippen LogP contribution is -2.41. The van der Waals surface area contributed by atoms with Gasteiger partial charge in [-0.25, -0.2) is 0 Å². The molecular formula is C23H36O7. The molecule has 0 aliphatic heterocycles. The Morgan fingerprint density at radius 3 is 2.53 bits per heavy atom. The van der Waals surface area contributed by atoms with E-state index in [2.05, 4.69) is 25.2 Å². The standard InChI is InChI=1S/C23H36O7/c1-13-7-8-16-5-4-6-20(30-23(29)14(2)15(3)24)22(16)19(13)10-9-17(25)11-18(26)12-21(27)28/h5,7-8,13-15,17-20,22,24-26H,4,6,9-12H2,1-3H3,(H,27,28)/t13-,14-,15-,17+,18+,19-,20-,22-/m0/s1. The highest BCUT2D eigenvalue weighted by Crippen LogP contribution is 2.44. The van der Waals surface area contributed by atoms with Crippen LogP contribution < -0.4 is 0 Å². The van der Waals surface area contributed by atoms with Crippen molar-refractivity contribution >= 4 is 11.9 Å². The van der Waals surface area contributed by atoms with Crippen molar-refractivity contribution in [1.82, 2.24) is 0 Å². The molecule has 0 radical (unpaired) electrons. The monoisotopic (exact) mass is 424 g/mol. The highest BCUT2D eigenvalue weighted by atomic mass is 16.5. The van der Waals surface area contributed by atoms with E-state index in [1.807, 2.05) is 0 Å². The quantitative estimate of drug-likeness (QED) is 0.397. The number of carboxylic acid groups (broad SMARTS) is 1. The Balaban J connectivity index is 2.05. The number of rotatable bonds is 10. The lowest BCUT2D eigenvalue weighted by atomic mass is 9.66. The molecular weight excluding hydrogens is 388 g/mol. The normalized spacial score (nSPS) is 29.9. The van der Waals surface area contributed by atoms with Crippen molar-refractivity contribution in [3.05, 3.63) is 23.8 Å². The first-order valence-corrected chi connectivity index (χ1v) is 10.9. The van der Waals surface area contributed by atoms with E-state index in [9.17, 15) is 24.9 Å². The number of hydrogen-bond acceptors (Lipinski definition) is 6. The van der Waals surface area contributed by atoms with Crippen LogP contribution in [0.25, 0.3) is 0 Å². The number of hydrogen-bond donors (Lipinski definition) is 4. The number of fused-ring (bicyclic) bond motifs is 1. The Morgan fingerprint density at radius 1 is 1.20 bits per heavy atom. The SMILES string of the molecule is C[C@H](O)[C@H](C)C(=O)O[C@H]1CCC=C2C=C[C@H](C)[C@H](CC[C@@H](O)C[C@@H](O)CC(=O)O)[C@H]21. The first-order valence-electron chi connectivity index (χ1n) is 10.9. The molecule has 4 N–H and O–H groups in total. The van der Waals surface area contributed by atoms with Gasteiger partial charge in [0.2, 0.25) is 0 Å². The molecule has 0 amide bonds. The first kappa shape index (κ1) is 24.6. The van der Waals surface area contributed by atoms with Crippen LogP contribution in [0, 0.1) is 23.7 Å². The van der Waals surface area contributed by atoms with E-state index in [-0.39, 0.29) is 36.7 Å². The van der Waals surface area contributed by atoms with Crippen molar-refractivity contribution in [2.24, 2.45) is 23.7 Å². The van der Waals surface area contributed by atoms with E-state index >= 15 is 0 Å². The van der Waals surface area contributed by atoms with Gasteiger partial charge in [-0.1, -0.05) is 25.2 Å². The number of ether oxygens (including phenoxy) is 1. The zero-order valence-electron chi connectivity index (χ0n) is 18.1. The Hall–Kier alpha value is -1.70. The van der Waals surface area contributed by atoms with Gasteiger partial charge in [-0.3, -0.25) is 9.59 Å². The molecule has 2 rings (SSSR count). The maximum atomic E-state index is 12.5. The molecule has 30 heavy (non-hydrogen) atoms. The molecule has 0 fully saturated rings. The summed E-state index contributed by atoms with van der Waals surface area (Å²) >= 11 is 0. The molecule has 7 heteroatoms. The molecule has 0 bridgehead atoms. The molecule has 2 aliphatic carbocycles. The second-order valence-electron chi connectivity index (χ2n) is 8.91. The fourth-order valence-corrected chi connectivity index (χ4v) is 4.51. The number of allylic oxidation sites excluding steroid dienone is 3. The van der Waals surface area contributed by atoms with Crippen LogP contribution in [0.3, 0.4) is 0 Å². The molecule has 2 aliphatic rings. The Kier molecular flexibility index (Phi) is 9.07. The molecule has 0 saturated heterocycles. The predicted octanol–water partition coefficient (Wildman–Crippen LogP) is 2.44. The maximum Gasteiger partial charge on any atom is 0.311 e. The highest BCUT2D eigenvalue weighted by molar-refractivity contribution is 5.73. The second kappa shape index (κ2) is 11.1. The number of carbonyl (C=O) groups is 2. The fraction of sp³-hybridized carbons (Fsp3) is 0.739. The molecule has 8 atom stereocenters. The Labute approximate surface area is 178 Å². The zero-order chi connectivity index (χ0) is 22.4. The van der Waals surface area contributed by atoms with Gasteiger partial charge in [-0.15, -0.1) is 0 Å². The van der Waals surface area contributed by atoms with Crippen LogP contribution in [-0.4, -0.2) is 56.8 Å². The maximum absolute atomic E-state index is 12.5. The summed E-state index contributed by atoms with van der Waals surface area (Å²) < 4.78 is 5.84. The summed E-state index contributed by atoms with van der Waals surface area (Å²) in [4.78, 5) is 23.2. The van der Waals surface area contributed by atoms with Crippen molar-refractivity contribution in [3.8, 4) is 0 Å². The molecule has 0 spiro atoms. The average Bonchev–Trinajstić information content (AvgIpc) is 2.65. The molecule has 0 unspecified atom stereocenters. The number of aliphatic hydroxyl groups excluding tert-OH is 3. The van der Waals surface area contributed by atoms with Gasteiger partial charge in [-0.05, 0) is 63.4 Å². The number of aliphatic hydroxyl groups is 3. The van der Waals surface area contributed by atoms with E-state index in [0.29, 0.717) is 12.8 Å². The summed E-state index contributed by atoms with van der Waals surface area (Å²) in [7, 11) is 0. The van der Waals surface area contributed by atoms with Gasteiger partial charge in [0.25, 0.3) is 0 Å². The predicted molar refractivity (Wildman–Crippen MR) is 111 cm³/mol. The fourth-order valence-electron chi connectivity index (χ4n) is 4.51. The third-order valence-electron chi connectivity index (χ3n) is 6.50. The number of esters is 1. The largest absolute Gasteiger partial charge is 0.481 e. The third kappa shape index (κ3) is 6.65. The van der Waals surface area contributed by atoms with Gasteiger partial charge < -0.3 is 25.2 Å². The van der Waals surface area contributed by atoms with Gasteiger partial charge >= 0.3 is 11.9 Å². The Bertz CT molecular complexity index is 654. The van der Waals surface area contributed by atoms with E-state index in [0.717, 1.165) is 18.4 Å². The van der Waals surface area contributed by atoms with Crippen molar-refractivity contribution in [2.45, 2.75) is 83.7 Å². The molecule has 0 aromatic heterocycles. The van der Waals surface area contributed by atoms with Crippen LogP contribution in [0.15, 0.2) is 23.8 Å². The third-order valence-corrected chi connectivity index (χ3v) is 6.50. The second-order valence-corrected chi connectivity index (χ2v) is 8.91. The van der Waals surface area contributed by atoms with E-state index in [4.69, 9.17) is 9.84 Å². The van der Waals surface area contributed by atoms with Gasteiger partial charge in [0.05, 0.1) is 30.7 Å². The van der Waals surface area contributed by atoms with Crippen molar-refractivity contribution < 1.29 is 34.8 Å². The molecule has 170 valence electrons. The summed E-state index contributed by atoms with van der Waals surface area (Å²) in [5.74, 6) is -1.65. The summed E-state index contributed by atoms with van der Waals surface area (Å²) in [5, 5.41) is 38.5. The Morgan fingerprint density at radius 2 is 1.90 bits per heavy atom. The van der Waals surface area contributed by atoms with Crippen LogP contribution >= 0.6 is 0 Å². The minimum absolute atomic E-state index is 0.0278. The van der Waals surface area contributed by atoms with Gasteiger partial charge in [0.1, 0.15) is 6.10 Å². The lowest BCUT2D eigenvalue weighted by molar-refractivity contribution is -0.161. The number of carboxylic acids is 1. The smallest absolute Gasteiger partial charge is 0.311 e. The highest BCUT2D eigenvalue weighted by Gasteiger charge is 2.40. The molecule has 7 nitrogen and oxygen atoms in total. The van der Waals surface area contributed by atoms with E-state index < -0.39 is 36.2 Å². The molecule has 0 aromatic rings. The zero-order valence-corrected chi connectivity index (χ0v) is 18.1. The summed E-state index contributed by atoms with van der Waals surface area (Å²) in [5.41, 5.74) is 1.15. The number of carbonyl (C=O) groups excluding carboxylic acids is 1. The minimum atomic E-state index is -1.09. The van der Waals surface area contributed by atoms with Crippen LogP contribution in [-0.2, 0) is 14.3 Å². The summed E-state index contributed by atoms with van der Waals surface area (Å²) in [6, 6.07) is 0. The van der Waals surface area contributed by atoms with Crippen molar-refractivity contribution in [2.75, 3.05) is 0 Å². The summed E-state index contributed by atoms with van der Waals surface area (Å²) in [6.45, 7) is 5.34. The summed E-state index contributed by atoms with van der Waals surface area (Å²) in [6.07, 6.45) is 5.82. The van der Waals surface area contributed by atoms with Gasteiger partial charge in [-0.2, -0.15) is 0 Å². The average molecular weight is 425 g/mol. The van der Waals surface area contributed by atoms with Crippen LogP contribution in [0.1, 0.15) is 59.3 Å². The van der Waals surface area contributed by atoms with Crippen molar-refractivity contribution in [1.29, 1.82) is 0 Å². The van der Waals surface area contributed by atoms with Crippen LogP contribution in [0.4, 0.5) is 0 Å². The van der Waals surface area contributed by atoms with Crippen LogP contribution in [0.5, 0.6) is 0 Å².